The number of nitrogens with one attached hydrogen (secondary N) is 1. The van der Waals surface area contributed by atoms with Gasteiger partial charge in [-0.25, -0.2) is 0 Å². The average Bonchev–Trinajstić information content (AvgIpc) is 3.08. The fourth-order valence-corrected chi connectivity index (χ4v) is 3.96. The van der Waals surface area contributed by atoms with Crippen LogP contribution >= 0.6 is 0 Å². The molecule has 0 bridgehead atoms. The van der Waals surface area contributed by atoms with Crippen LogP contribution in [0.2, 0.25) is 0 Å². The fourth-order valence-electron chi connectivity index (χ4n) is 3.40. The third-order valence-corrected chi connectivity index (χ3v) is 5.25. The molecule has 4 nitrogen and oxygen atoms in total. The minimum atomic E-state index is 0.698. The van der Waals surface area contributed by atoms with Crippen molar-refractivity contribution in [3.8, 4) is 22.4 Å². The normalized spacial score (nSPS) is 11.3. The molecule has 3 aromatic carbocycles. The molecule has 0 saturated carbocycles. The number of nitrogens with zero attached hydrogens (tertiary/aromatic N) is 3. The van der Waals surface area contributed by atoms with Crippen LogP contribution in [-0.2, 0) is 0 Å². The van der Waals surface area contributed by atoms with Crippen molar-refractivity contribution in [2.24, 2.45) is 0 Å². The first-order valence-electron chi connectivity index (χ1n) is 8.30. The molecule has 0 saturated heterocycles. The van der Waals surface area contributed by atoms with E-state index < -0.39 is 0 Å². The quantitative estimate of drug-likeness (QED) is 0.464. The summed E-state index contributed by atoms with van der Waals surface area (Å²) < 4.78 is 0.864. The molecule has 5 rings (SSSR count). The van der Waals surface area contributed by atoms with Crippen LogP contribution in [0, 0.1) is 0 Å². The van der Waals surface area contributed by atoms with Crippen molar-refractivity contribution in [1.29, 1.82) is 0 Å². The fraction of sp³-hybridized carbons (Fsp3) is 0. The number of hydrogen-bond donors (Lipinski definition) is 1. The number of aromatic nitrogens is 4. The van der Waals surface area contributed by atoms with Crippen LogP contribution in [0.4, 0.5) is 0 Å². The number of H-pyrrole nitrogens is 1. The number of benzene rings is 3. The van der Waals surface area contributed by atoms with Crippen molar-refractivity contribution in [2.75, 3.05) is 0 Å². The van der Waals surface area contributed by atoms with Gasteiger partial charge < -0.3 is 0 Å². The van der Waals surface area contributed by atoms with Crippen molar-refractivity contribution in [3.63, 3.8) is 0 Å². The Labute approximate surface area is 158 Å². The van der Waals surface area contributed by atoms with E-state index in [1.807, 2.05) is 18.2 Å². The molecule has 2 aromatic heterocycles. The summed E-state index contributed by atoms with van der Waals surface area (Å²) in [6.07, 6.45) is 0. The maximum absolute atomic E-state index is 4.59. The van der Waals surface area contributed by atoms with Crippen molar-refractivity contribution in [3.05, 3.63) is 72.8 Å². The van der Waals surface area contributed by atoms with Crippen molar-refractivity contribution < 1.29 is 0 Å². The van der Waals surface area contributed by atoms with Gasteiger partial charge >= 0.3 is 159 Å². The van der Waals surface area contributed by atoms with E-state index in [1.165, 1.54) is 5.39 Å². The Morgan fingerprint density at radius 3 is 2.42 bits per heavy atom. The van der Waals surface area contributed by atoms with Crippen molar-refractivity contribution >= 4 is 43.1 Å². The third-order valence-electron chi connectivity index (χ3n) is 4.57. The Bertz CT molecular complexity index is 1240. The molecule has 0 aliphatic carbocycles. The molecule has 0 amide bonds. The molecule has 0 spiro atoms. The van der Waals surface area contributed by atoms with Gasteiger partial charge in [-0.2, -0.15) is 0 Å². The van der Waals surface area contributed by atoms with Gasteiger partial charge in [0.2, 0.25) is 0 Å². The molecule has 0 atom stereocenters. The van der Waals surface area contributed by atoms with E-state index in [9.17, 15) is 0 Å². The molecule has 2 radical (unpaired) electrons. The third kappa shape index (κ3) is 2.34. The summed E-state index contributed by atoms with van der Waals surface area (Å²) in [5, 5.41) is 19.6. The topological polar surface area (TPSA) is 54.5 Å². The van der Waals surface area contributed by atoms with Gasteiger partial charge in [-0.1, -0.05) is 0 Å². The predicted octanol–water partition coefficient (Wildman–Crippen LogP) is 3.63. The van der Waals surface area contributed by atoms with Gasteiger partial charge in [0.05, 0.1) is 0 Å². The van der Waals surface area contributed by atoms with Gasteiger partial charge in [-0.05, 0) is 0 Å². The summed E-state index contributed by atoms with van der Waals surface area (Å²) >= 11 is 2.52. The standard InChI is InChI=1S/C21H13AsN4/c22-20-18-17(14-8-2-1-3-9-14)19(23-25-21(18)26-24-20)16-12-6-10-13-7-4-5-11-15(13)16/h1-12H,(H,24,25,26). The van der Waals surface area contributed by atoms with E-state index >= 15 is 0 Å². The van der Waals surface area contributed by atoms with E-state index in [0.29, 0.717) is 5.65 Å². The molecule has 0 fully saturated rings. The van der Waals surface area contributed by atoms with Gasteiger partial charge in [-0.15, -0.1) is 0 Å². The second-order valence-corrected chi connectivity index (χ2v) is 6.98. The Kier molecular flexibility index (Phi) is 3.58. The van der Waals surface area contributed by atoms with Crippen molar-refractivity contribution in [1.82, 2.24) is 20.4 Å². The Morgan fingerprint density at radius 1 is 0.769 bits per heavy atom. The average molecular weight is 396 g/mol. The predicted molar refractivity (Wildman–Crippen MR) is 105 cm³/mol. The molecule has 2 heterocycles. The second kappa shape index (κ2) is 6.08. The molecular weight excluding hydrogens is 383 g/mol. The van der Waals surface area contributed by atoms with Gasteiger partial charge in [0.25, 0.3) is 0 Å². The molecule has 0 aliphatic heterocycles. The Hall–Kier alpha value is -2.97. The molecular formula is C21H13AsN4. The van der Waals surface area contributed by atoms with Crippen LogP contribution in [0.25, 0.3) is 44.2 Å². The zero-order valence-corrected chi connectivity index (χ0v) is 15.6. The van der Waals surface area contributed by atoms with Crippen LogP contribution in [0.5, 0.6) is 0 Å². The molecule has 5 heteroatoms. The Morgan fingerprint density at radius 2 is 1.54 bits per heavy atom. The summed E-state index contributed by atoms with van der Waals surface area (Å²) in [6.45, 7) is 0. The van der Waals surface area contributed by atoms with Gasteiger partial charge in [0.15, 0.2) is 0 Å². The zero-order chi connectivity index (χ0) is 17.5. The Balaban J connectivity index is 1.93. The van der Waals surface area contributed by atoms with Crippen LogP contribution in [-0.4, -0.2) is 37.2 Å². The molecule has 122 valence electrons. The van der Waals surface area contributed by atoms with Crippen LogP contribution in [0.1, 0.15) is 0 Å². The maximum atomic E-state index is 4.59. The molecule has 26 heavy (non-hydrogen) atoms. The second-order valence-electron chi connectivity index (χ2n) is 6.09. The number of rotatable bonds is 2. The van der Waals surface area contributed by atoms with Gasteiger partial charge in [0, 0.05) is 0 Å². The summed E-state index contributed by atoms with van der Waals surface area (Å²) in [7, 11) is 0. The SMILES string of the molecule is [As]c1n[nH]c2nnc(-c3cccc4ccccc34)c(-c3ccccc3)c12. The molecule has 5 aromatic rings. The van der Waals surface area contributed by atoms with Crippen LogP contribution in [0.15, 0.2) is 72.8 Å². The van der Waals surface area contributed by atoms with Gasteiger partial charge in [-0.3, -0.25) is 0 Å². The van der Waals surface area contributed by atoms with E-state index in [-0.39, 0.29) is 0 Å². The van der Waals surface area contributed by atoms with E-state index in [1.54, 1.807) is 0 Å². The van der Waals surface area contributed by atoms with Gasteiger partial charge in [0.1, 0.15) is 0 Å². The first-order chi connectivity index (χ1) is 12.8. The van der Waals surface area contributed by atoms with Crippen LogP contribution < -0.4 is 4.48 Å². The monoisotopic (exact) mass is 396 g/mol. The first kappa shape index (κ1) is 15.3. The molecule has 0 unspecified atom stereocenters. The number of aromatic amines is 1. The summed E-state index contributed by atoms with van der Waals surface area (Å²) in [6, 6.07) is 24.9. The molecule has 1 N–H and O–H groups in total. The molecule has 0 aliphatic rings. The summed E-state index contributed by atoms with van der Waals surface area (Å²) in [5.41, 5.74) is 4.79. The first-order valence-corrected chi connectivity index (χ1v) is 9.24. The minimum absolute atomic E-state index is 0.698. The van der Waals surface area contributed by atoms with E-state index in [2.05, 4.69) is 91.8 Å². The van der Waals surface area contributed by atoms with Crippen LogP contribution in [0.3, 0.4) is 0 Å². The number of hydrogen-bond acceptors (Lipinski definition) is 3. The van der Waals surface area contributed by atoms with E-state index in [4.69, 9.17) is 0 Å². The van der Waals surface area contributed by atoms with Crippen molar-refractivity contribution in [2.45, 2.75) is 0 Å². The summed E-state index contributed by atoms with van der Waals surface area (Å²) in [5.74, 6) is 0. The summed E-state index contributed by atoms with van der Waals surface area (Å²) in [4.78, 5) is 0. The zero-order valence-electron chi connectivity index (χ0n) is 13.7. The number of fused-ring (bicyclic) bond motifs is 2. The van der Waals surface area contributed by atoms with E-state index in [0.717, 1.165) is 37.6 Å².